The molecule has 0 aliphatic carbocycles. The van der Waals surface area contributed by atoms with Gasteiger partial charge in [-0.05, 0) is 30.8 Å². The monoisotopic (exact) mass is 370 g/mol. The molecule has 1 N–H and O–H groups in total. The van der Waals surface area contributed by atoms with Crippen LogP contribution in [-0.4, -0.2) is 58.3 Å². The lowest BCUT2D eigenvalue weighted by Crippen LogP contribution is -2.27. The topological polar surface area (TPSA) is 88.2 Å². The molecule has 0 unspecified atom stereocenters. The molecule has 0 bridgehead atoms. The minimum Gasteiger partial charge on any atom is -0.385 e. The highest BCUT2D eigenvalue weighted by atomic mass is 16.5. The van der Waals surface area contributed by atoms with Crippen LogP contribution in [0.15, 0.2) is 25.0 Å². The van der Waals surface area contributed by atoms with E-state index in [2.05, 4.69) is 23.5 Å². The average Bonchev–Trinajstić information content (AvgIpc) is 3.25. The molecule has 3 heterocycles. The van der Waals surface area contributed by atoms with E-state index in [9.17, 15) is 9.59 Å². The number of nitrogens with zero attached hydrogens (tertiary/aromatic N) is 3. The van der Waals surface area contributed by atoms with E-state index >= 15 is 0 Å². The van der Waals surface area contributed by atoms with Crippen molar-refractivity contribution in [2.75, 3.05) is 26.8 Å². The zero-order chi connectivity index (χ0) is 19.4. The number of H-pyrrole nitrogens is 1. The second-order valence-electron chi connectivity index (χ2n) is 7.17. The van der Waals surface area contributed by atoms with Gasteiger partial charge in [-0.2, -0.15) is 0 Å². The molecule has 2 aromatic rings. The van der Waals surface area contributed by atoms with Gasteiger partial charge < -0.3 is 14.6 Å². The van der Waals surface area contributed by atoms with Gasteiger partial charge in [0.15, 0.2) is 11.4 Å². The van der Waals surface area contributed by atoms with Gasteiger partial charge >= 0.3 is 0 Å². The zero-order valence-corrected chi connectivity index (χ0v) is 15.9. The highest BCUT2D eigenvalue weighted by Crippen LogP contribution is 2.27. The Labute approximate surface area is 158 Å². The second-order valence-corrected chi connectivity index (χ2v) is 7.17. The van der Waals surface area contributed by atoms with Gasteiger partial charge in [-0.25, -0.2) is 9.97 Å². The summed E-state index contributed by atoms with van der Waals surface area (Å²) in [6.45, 7) is 7.70. The van der Waals surface area contributed by atoms with Crippen LogP contribution in [0.4, 0.5) is 0 Å². The van der Waals surface area contributed by atoms with E-state index in [1.807, 2.05) is 4.90 Å². The number of amides is 1. The second kappa shape index (κ2) is 8.43. The number of nitrogens with one attached hydrogen (secondary N) is 1. The van der Waals surface area contributed by atoms with Gasteiger partial charge in [-0.3, -0.25) is 9.59 Å². The molecule has 1 fully saturated rings. The molecule has 3 rings (SSSR count). The number of carbonyl (C=O) groups excluding carboxylic acids is 2. The van der Waals surface area contributed by atoms with E-state index in [-0.39, 0.29) is 11.7 Å². The lowest BCUT2D eigenvalue weighted by molar-refractivity contribution is -0.125. The molecular weight excluding hydrogens is 344 g/mol. The molecule has 0 saturated carbocycles. The Morgan fingerprint density at radius 1 is 1.44 bits per heavy atom. The van der Waals surface area contributed by atoms with E-state index in [0.717, 1.165) is 18.7 Å². The number of hydrogen-bond donors (Lipinski definition) is 1. The minimum absolute atomic E-state index is 0.0273. The average molecular weight is 370 g/mol. The molecule has 0 radical (unpaired) electrons. The van der Waals surface area contributed by atoms with Gasteiger partial charge in [0.1, 0.15) is 5.52 Å². The third kappa shape index (κ3) is 4.24. The fraction of sp³-hybridized carbons (Fsp3) is 0.500. The summed E-state index contributed by atoms with van der Waals surface area (Å²) in [7, 11) is 1.63. The third-order valence-electron chi connectivity index (χ3n) is 5.21. The Morgan fingerprint density at radius 3 is 3.00 bits per heavy atom. The van der Waals surface area contributed by atoms with Crippen molar-refractivity contribution in [3.63, 3.8) is 0 Å². The van der Waals surface area contributed by atoms with E-state index in [1.165, 1.54) is 6.08 Å². The normalized spacial score (nSPS) is 19.6. The number of rotatable bonds is 8. The molecule has 1 amide bonds. The van der Waals surface area contributed by atoms with Crippen molar-refractivity contribution in [3.8, 4) is 0 Å². The minimum atomic E-state index is -0.0273. The maximum absolute atomic E-state index is 12.5. The van der Waals surface area contributed by atoms with Crippen molar-refractivity contribution in [1.29, 1.82) is 0 Å². The van der Waals surface area contributed by atoms with Gasteiger partial charge in [-0.1, -0.05) is 13.5 Å². The van der Waals surface area contributed by atoms with Crippen LogP contribution < -0.4 is 0 Å². The molecule has 2 aromatic heterocycles. The van der Waals surface area contributed by atoms with Crippen LogP contribution in [0.2, 0.25) is 0 Å². The van der Waals surface area contributed by atoms with Gasteiger partial charge in [0.05, 0.1) is 17.5 Å². The van der Waals surface area contributed by atoms with Crippen LogP contribution in [0.1, 0.15) is 35.8 Å². The number of aromatic amines is 1. The predicted octanol–water partition coefficient (Wildman–Crippen LogP) is 2.39. The fourth-order valence-electron chi connectivity index (χ4n) is 3.63. The molecule has 0 aromatic carbocycles. The maximum atomic E-state index is 12.5. The Hall–Kier alpha value is -2.54. The largest absolute Gasteiger partial charge is 0.385 e. The van der Waals surface area contributed by atoms with Crippen molar-refractivity contribution in [3.05, 3.63) is 36.3 Å². The number of ketones is 1. The lowest BCUT2D eigenvalue weighted by Gasteiger charge is -2.14. The highest BCUT2D eigenvalue weighted by molar-refractivity contribution is 6.05. The summed E-state index contributed by atoms with van der Waals surface area (Å²) in [5.41, 5.74) is 2.67. The van der Waals surface area contributed by atoms with Crippen LogP contribution in [0.5, 0.6) is 0 Å². The van der Waals surface area contributed by atoms with Crippen molar-refractivity contribution in [2.45, 2.75) is 26.2 Å². The number of ether oxygens (including phenoxy) is 1. The summed E-state index contributed by atoms with van der Waals surface area (Å²) in [4.78, 5) is 38.3. The van der Waals surface area contributed by atoms with Crippen molar-refractivity contribution < 1.29 is 14.3 Å². The van der Waals surface area contributed by atoms with E-state index in [0.29, 0.717) is 54.6 Å². The lowest BCUT2D eigenvalue weighted by atomic mass is 9.93. The first-order valence-corrected chi connectivity index (χ1v) is 9.30. The molecular formula is C20H26N4O3. The van der Waals surface area contributed by atoms with Crippen LogP contribution >= 0.6 is 0 Å². The van der Waals surface area contributed by atoms with Crippen molar-refractivity contribution in [2.24, 2.45) is 11.8 Å². The molecule has 27 heavy (non-hydrogen) atoms. The molecule has 2 atom stereocenters. The molecule has 1 saturated heterocycles. The van der Waals surface area contributed by atoms with Gasteiger partial charge in [0.2, 0.25) is 5.91 Å². The van der Waals surface area contributed by atoms with Crippen molar-refractivity contribution >= 4 is 22.9 Å². The van der Waals surface area contributed by atoms with Crippen LogP contribution in [-0.2, 0) is 16.0 Å². The molecule has 7 nitrogen and oxygen atoms in total. The van der Waals surface area contributed by atoms with E-state index in [1.54, 1.807) is 19.5 Å². The van der Waals surface area contributed by atoms with Crippen molar-refractivity contribution in [1.82, 2.24) is 19.9 Å². The first kappa shape index (κ1) is 19.2. The van der Waals surface area contributed by atoms with Gasteiger partial charge in [0, 0.05) is 39.4 Å². The molecule has 7 heteroatoms. The quantitative estimate of drug-likeness (QED) is 0.438. The summed E-state index contributed by atoms with van der Waals surface area (Å²) in [6, 6.07) is 0. The first-order valence-electron chi connectivity index (χ1n) is 9.30. The number of hydrogen-bond acceptors (Lipinski definition) is 5. The first-order chi connectivity index (χ1) is 13.0. The number of aromatic nitrogens is 3. The molecule has 144 valence electrons. The smallest absolute Gasteiger partial charge is 0.245 e. The van der Waals surface area contributed by atoms with E-state index in [4.69, 9.17) is 9.72 Å². The number of likely N-dealkylation sites (tertiary alicyclic amines) is 1. The fourth-order valence-corrected chi connectivity index (χ4v) is 3.63. The Balaban J connectivity index is 1.74. The molecule has 1 aliphatic rings. The Morgan fingerprint density at radius 2 is 2.26 bits per heavy atom. The molecule has 0 spiro atoms. The standard InChI is InChI=1S/C20H26N4O3/c1-4-18(26)24-11-13(2)14(12-24)8-15-9-21-20-19(23-15)16(10-22-20)17(25)6-5-7-27-3/h4,9-10,13-14H,1,5-8,11-12H2,2-3H3,(H,21,22)/t13-,14+/m0/s1. The van der Waals surface area contributed by atoms with Crippen LogP contribution in [0.3, 0.4) is 0 Å². The number of methoxy groups -OCH3 is 1. The summed E-state index contributed by atoms with van der Waals surface area (Å²) in [5.74, 6) is 0.718. The van der Waals surface area contributed by atoms with Crippen LogP contribution in [0, 0.1) is 11.8 Å². The van der Waals surface area contributed by atoms with Crippen LogP contribution in [0.25, 0.3) is 11.2 Å². The zero-order valence-electron chi connectivity index (χ0n) is 15.9. The van der Waals surface area contributed by atoms with Gasteiger partial charge in [-0.15, -0.1) is 0 Å². The summed E-state index contributed by atoms with van der Waals surface area (Å²) in [5, 5.41) is 0. The molecule has 1 aliphatic heterocycles. The third-order valence-corrected chi connectivity index (χ3v) is 5.21. The Kier molecular flexibility index (Phi) is 6.01. The predicted molar refractivity (Wildman–Crippen MR) is 102 cm³/mol. The van der Waals surface area contributed by atoms with E-state index < -0.39 is 0 Å². The summed E-state index contributed by atoms with van der Waals surface area (Å²) >= 11 is 0. The van der Waals surface area contributed by atoms with Gasteiger partial charge in [0.25, 0.3) is 0 Å². The number of fused-ring (bicyclic) bond motifs is 1. The summed E-state index contributed by atoms with van der Waals surface area (Å²) in [6.07, 6.45) is 6.64. The Bertz CT molecular complexity index is 845. The number of Topliss-reactive ketones (excluding diaryl/α,β-unsaturated/α-hetero) is 1. The SMILES string of the molecule is C=CC(=O)N1C[C@@H](Cc2cnc3[nH]cc(C(=O)CCCOC)c3n2)[C@@H](C)C1. The summed E-state index contributed by atoms with van der Waals surface area (Å²) < 4.78 is 5.01. The highest BCUT2D eigenvalue weighted by Gasteiger charge is 2.32. The number of carbonyl (C=O) groups is 2. The maximum Gasteiger partial charge on any atom is 0.245 e.